The Hall–Kier alpha value is -4.78. The van der Waals surface area contributed by atoms with Gasteiger partial charge in [-0.05, 0) is 94.9 Å². The molecule has 6 rings (SSSR count). The Morgan fingerprint density at radius 1 is 0.400 bits per heavy atom. The zero-order valence-corrected chi connectivity index (χ0v) is 23.2. The summed E-state index contributed by atoms with van der Waals surface area (Å²) in [5.41, 5.74) is 6.03. The zero-order valence-electron chi connectivity index (χ0n) is 21.5. The van der Waals surface area contributed by atoms with Crippen molar-refractivity contribution < 1.29 is 0 Å². The van der Waals surface area contributed by atoms with Gasteiger partial charge in [-0.1, -0.05) is 84.9 Å². The van der Waals surface area contributed by atoms with Crippen LogP contribution in [0.1, 0.15) is 0 Å². The first kappa shape index (κ1) is 25.5. The number of para-hydroxylation sites is 2. The van der Waals surface area contributed by atoms with Crippen molar-refractivity contribution in [3.63, 3.8) is 0 Å². The first-order valence-electron chi connectivity index (χ1n) is 12.9. The summed E-state index contributed by atoms with van der Waals surface area (Å²) < 4.78 is 0. The lowest BCUT2D eigenvalue weighted by Crippen LogP contribution is -2.19. The second kappa shape index (κ2) is 11.5. The summed E-state index contributed by atoms with van der Waals surface area (Å²) in [5, 5.41) is 18.8. The van der Waals surface area contributed by atoms with E-state index in [1.807, 2.05) is 84.9 Å². The summed E-state index contributed by atoms with van der Waals surface area (Å²) in [4.78, 5) is 0. The molecular formula is C34H26N4S2. The molecule has 6 aromatic carbocycles. The van der Waals surface area contributed by atoms with Gasteiger partial charge in [-0.25, -0.2) is 0 Å². The maximum atomic E-state index is 5.61. The predicted molar refractivity (Wildman–Crippen MR) is 179 cm³/mol. The van der Waals surface area contributed by atoms with E-state index in [0.29, 0.717) is 10.2 Å². The molecule has 40 heavy (non-hydrogen) atoms. The van der Waals surface area contributed by atoms with Crippen LogP contribution in [0, 0.1) is 0 Å². The van der Waals surface area contributed by atoms with Crippen LogP contribution >= 0.6 is 24.4 Å². The number of rotatable bonds is 5. The second-order valence-corrected chi connectivity index (χ2v) is 10.2. The molecule has 194 valence electrons. The normalized spacial score (nSPS) is 10.7. The summed E-state index contributed by atoms with van der Waals surface area (Å²) in [7, 11) is 0. The molecule has 0 amide bonds. The van der Waals surface area contributed by atoms with E-state index in [0.717, 1.165) is 55.4 Å². The lowest BCUT2D eigenvalue weighted by atomic mass is 9.97. The van der Waals surface area contributed by atoms with Gasteiger partial charge in [0, 0.05) is 33.5 Å². The Morgan fingerprint density at radius 3 is 1.25 bits per heavy atom. The van der Waals surface area contributed by atoms with Crippen LogP contribution in [0.3, 0.4) is 0 Å². The topological polar surface area (TPSA) is 48.1 Å². The van der Waals surface area contributed by atoms with E-state index < -0.39 is 0 Å². The third-order valence-corrected chi connectivity index (χ3v) is 7.07. The van der Waals surface area contributed by atoms with Crippen molar-refractivity contribution in [1.29, 1.82) is 0 Å². The monoisotopic (exact) mass is 554 g/mol. The molecule has 0 radical (unpaired) electrons. The molecule has 6 heteroatoms. The molecule has 0 aromatic heterocycles. The highest BCUT2D eigenvalue weighted by molar-refractivity contribution is 7.81. The molecule has 4 nitrogen and oxygen atoms in total. The second-order valence-electron chi connectivity index (χ2n) is 9.37. The molecule has 0 unspecified atom stereocenters. The van der Waals surface area contributed by atoms with E-state index in [1.165, 1.54) is 0 Å². The molecule has 0 fully saturated rings. The van der Waals surface area contributed by atoms with Crippen LogP contribution in [0.5, 0.6) is 0 Å². The average molecular weight is 555 g/mol. The van der Waals surface area contributed by atoms with Crippen LogP contribution in [-0.4, -0.2) is 10.2 Å². The number of hydrogen-bond donors (Lipinski definition) is 4. The van der Waals surface area contributed by atoms with Crippen LogP contribution in [0.25, 0.3) is 32.7 Å². The molecule has 0 aliphatic heterocycles. The minimum absolute atomic E-state index is 0.547. The molecule has 0 aliphatic carbocycles. The van der Waals surface area contributed by atoms with E-state index >= 15 is 0 Å². The van der Waals surface area contributed by atoms with Gasteiger partial charge in [-0.2, -0.15) is 0 Å². The van der Waals surface area contributed by atoms with Gasteiger partial charge in [0.2, 0.25) is 0 Å². The summed E-state index contributed by atoms with van der Waals surface area (Å²) in [6.07, 6.45) is 0. The Kier molecular flexibility index (Phi) is 7.35. The summed E-state index contributed by atoms with van der Waals surface area (Å²) in [5.74, 6) is 0. The van der Waals surface area contributed by atoms with Crippen molar-refractivity contribution in [3.05, 3.63) is 133 Å². The van der Waals surface area contributed by atoms with Crippen molar-refractivity contribution in [2.75, 3.05) is 21.3 Å². The Bertz CT molecular complexity index is 1700. The van der Waals surface area contributed by atoms with Crippen molar-refractivity contribution in [1.82, 2.24) is 0 Å². The Labute approximate surface area is 244 Å². The number of nitrogens with one attached hydrogen (secondary N) is 4. The van der Waals surface area contributed by atoms with Crippen LogP contribution in [0.2, 0.25) is 0 Å². The first-order valence-corrected chi connectivity index (χ1v) is 13.8. The number of benzene rings is 6. The Balaban J connectivity index is 1.29. The largest absolute Gasteiger partial charge is 0.332 e. The van der Waals surface area contributed by atoms with Crippen LogP contribution in [0.15, 0.2) is 133 Å². The number of fused-ring (bicyclic) bond motifs is 2. The van der Waals surface area contributed by atoms with Gasteiger partial charge in [0.1, 0.15) is 0 Å². The van der Waals surface area contributed by atoms with Crippen LogP contribution in [-0.2, 0) is 0 Å². The van der Waals surface area contributed by atoms with Gasteiger partial charge < -0.3 is 21.3 Å². The van der Waals surface area contributed by atoms with Gasteiger partial charge in [0.15, 0.2) is 10.2 Å². The quantitative estimate of drug-likeness (QED) is 0.159. The average Bonchev–Trinajstić information content (AvgIpc) is 2.98. The van der Waals surface area contributed by atoms with Crippen LogP contribution in [0.4, 0.5) is 22.7 Å². The molecule has 6 aromatic rings. The number of hydrogen-bond acceptors (Lipinski definition) is 2. The highest BCUT2D eigenvalue weighted by Crippen LogP contribution is 2.33. The van der Waals surface area contributed by atoms with Gasteiger partial charge >= 0.3 is 0 Å². The third-order valence-electron chi connectivity index (χ3n) is 6.66. The molecular weight excluding hydrogens is 529 g/mol. The summed E-state index contributed by atoms with van der Waals surface area (Å²) in [6.45, 7) is 0. The fraction of sp³-hybridized carbons (Fsp3) is 0. The highest BCUT2D eigenvalue weighted by Gasteiger charge is 2.09. The van der Waals surface area contributed by atoms with E-state index in [1.54, 1.807) is 0 Å². The molecule has 0 saturated carbocycles. The lowest BCUT2D eigenvalue weighted by Gasteiger charge is -2.15. The minimum Gasteiger partial charge on any atom is -0.332 e. The lowest BCUT2D eigenvalue weighted by molar-refractivity contribution is 1.61. The van der Waals surface area contributed by atoms with Crippen molar-refractivity contribution in [2.45, 2.75) is 0 Å². The van der Waals surface area contributed by atoms with E-state index in [9.17, 15) is 0 Å². The number of thiocarbonyl (C=S) groups is 2. The van der Waals surface area contributed by atoms with E-state index in [4.69, 9.17) is 24.4 Å². The molecule has 0 spiro atoms. The zero-order chi connectivity index (χ0) is 27.3. The highest BCUT2D eigenvalue weighted by atomic mass is 32.1. The molecule has 0 bridgehead atoms. The maximum absolute atomic E-state index is 5.61. The minimum atomic E-state index is 0.547. The van der Waals surface area contributed by atoms with Crippen molar-refractivity contribution >= 4 is 79.0 Å². The molecule has 0 saturated heterocycles. The molecule has 0 heterocycles. The molecule has 0 aliphatic rings. The SMILES string of the molecule is S=C(Nc1ccccc1)Nc1cccc2ccc(-c3ccc4cccc(NC(=S)Nc5ccccc5)c4c3)cc12. The third kappa shape index (κ3) is 5.78. The first-order chi connectivity index (χ1) is 19.6. The van der Waals surface area contributed by atoms with Gasteiger partial charge in [0.25, 0.3) is 0 Å². The predicted octanol–water partition coefficient (Wildman–Crippen LogP) is 9.28. The van der Waals surface area contributed by atoms with Gasteiger partial charge in [-0.15, -0.1) is 0 Å². The maximum Gasteiger partial charge on any atom is 0.175 e. The van der Waals surface area contributed by atoms with Gasteiger partial charge in [-0.3, -0.25) is 0 Å². The van der Waals surface area contributed by atoms with Crippen LogP contribution < -0.4 is 21.3 Å². The fourth-order valence-electron chi connectivity index (χ4n) is 4.73. The number of anilines is 4. The standard InChI is InChI=1S/C34H26N4S2/c39-33(35-27-11-3-1-4-12-27)37-31-15-7-9-23-17-19-25(21-29(23)31)26-20-18-24-10-8-16-32(30(24)22-26)38-34(40)36-28-13-5-2-6-14-28/h1-22H,(H2,35,37,39)(H2,36,38,40). The molecule has 4 N–H and O–H groups in total. The fourth-order valence-corrected chi connectivity index (χ4v) is 5.19. The Morgan fingerprint density at radius 2 is 0.825 bits per heavy atom. The van der Waals surface area contributed by atoms with E-state index in [-0.39, 0.29) is 0 Å². The molecule has 0 atom stereocenters. The summed E-state index contributed by atoms with van der Waals surface area (Å²) >= 11 is 11.2. The van der Waals surface area contributed by atoms with Gasteiger partial charge in [0.05, 0.1) is 0 Å². The smallest absolute Gasteiger partial charge is 0.175 e. The summed E-state index contributed by atoms with van der Waals surface area (Å²) in [6, 6.07) is 45.3. The van der Waals surface area contributed by atoms with Crippen molar-refractivity contribution in [3.8, 4) is 11.1 Å². The van der Waals surface area contributed by atoms with E-state index in [2.05, 4.69) is 69.8 Å². The van der Waals surface area contributed by atoms with Crippen molar-refractivity contribution in [2.24, 2.45) is 0 Å².